The van der Waals surface area contributed by atoms with E-state index in [1.54, 1.807) is 11.9 Å². The molecule has 0 saturated carbocycles. The van der Waals surface area contributed by atoms with Crippen molar-refractivity contribution in [2.75, 3.05) is 33.2 Å². The summed E-state index contributed by atoms with van der Waals surface area (Å²) in [6.07, 6.45) is 1.17. The van der Waals surface area contributed by atoms with Gasteiger partial charge in [0.15, 0.2) is 0 Å². The van der Waals surface area contributed by atoms with Gasteiger partial charge in [0.05, 0.1) is 6.04 Å². The number of piperazine rings is 1. The first kappa shape index (κ1) is 20.3. The monoisotopic (exact) mass is 387 g/mol. The molecule has 0 bridgehead atoms. The Kier molecular flexibility index (Phi) is 6.31. The van der Waals surface area contributed by atoms with Gasteiger partial charge in [-0.2, -0.15) is 0 Å². The number of nitrogens with one attached hydrogen (secondary N) is 2. The van der Waals surface area contributed by atoms with Crippen LogP contribution in [-0.4, -0.2) is 72.3 Å². The highest BCUT2D eigenvalue weighted by Gasteiger charge is 2.51. The minimum absolute atomic E-state index is 0.0279. The largest absolute Gasteiger partial charge is 0.359 e. The Morgan fingerprint density at radius 1 is 1.29 bits per heavy atom. The van der Waals surface area contributed by atoms with Gasteiger partial charge in [-0.25, -0.2) is 0 Å². The number of carbonyl (C=O) groups excluding carboxylic acids is 3. The smallest absolute Gasteiger partial charge is 0.242 e. The molecule has 2 aliphatic heterocycles. The molecule has 0 aromatic heterocycles. The highest BCUT2D eigenvalue weighted by molar-refractivity contribution is 5.90. The van der Waals surface area contributed by atoms with E-state index in [2.05, 4.69) is 15.5 Å². The molecule has 0 aliphatic carbocycles. The van der Waals surface area contributed by atoms with Crippen molar-refractivity contribution in [3.8, 4) is 0 Å². The molecule has 28 heavy (non-hydrogen) atoms. The number of hydrogen-bond acceptors (Lipinski definition) is 5. The van der Waals surface area contributed by atoms with Crippen molar-refractivity contribution >= 4 is 17.7 Å². The van der Waals surface area contributed by atoms with Gasteiger partial charge in [-0.05, 0) is 18.4 Å². The SMILES string of the molecule is CNC(=O)CC[C@H](N)C(=O)N1CCN(Cc2ccccc2)C2(CCNC2=O)C1. The average molecular weight is 387 g/mol. The fraction of sp³-hybridized carbons (Fsp3) is 0.550. The van der Waals surface area contributed by atoms with Crippen molar-refractivity contribution in [1.82, 2.24) is 20.4 Å². The molecule has 2 saturated heterocycles. The number of nitrogens with two attached hydrogens (primary N) is 1. The van der Waals surface area contributed by atoms with Gasteiger partial charge in [0.25, 0.3) is 0 Å². The molecule has 3 rings (SSSR count). The van der Waals surface area contributed by atoms with Crippen LogP contribution in [0.5, 0.6) is 0 Å². The maximum atomic E-state index is 12.8. The Morgan fingerprint density at radius 2 is 2.04 bits per heavy atom. The van der Waals surface area contributed by atoms with Crippen LogP contribution < -0.4 is 16.4 Å². The second kappa shape index (κ2) is 8.70. The molecule has 2 fully saturated rings. The third-order valence-corrected chi connectivity index (χ3v) is 5.75. The lowest BCUT2D eigenvalue weighted by Gasteiger charge is -2.47. The van der Waals surface area contributed by atoms with Gasteiger partial charge in [0.1, 0.15) is 5.54 Å². The van der Waals surface area contributed by atoms with Crippen LogP contribution in [0.4, 0.5) is 0 Å². The molecule has 1 unspecified atom stereocenters. The second-order valence-corrected chi connectivity index (χ2v) is 7.52. The van der Waals surface area contributed by atoms with E-state index in [0.29, 0.717) is 45.6 Å². The number of benzene rings is 1. The van der Waals surface area contributed by atoms with E-state index < -0.39 is 11.6 Å². The predicted molar refractivity (Wildman–Crippen MR) is 105 cm³/mol. The summed E-state index contributed by atoms with van der Waals surface area (Å²) in [5.41, 5.74) is 6.47. The van der Waals surface area contributed by atoms with Gasteiger partial charge in [-0.3, -0.25) is 19.3 Å². The fourth-order valence-electron chi connectivity index (χ4n) is 4.06. The molecule has 8 nitrogen and oxygen atoms in total. The molecular formula is C20H29N5O3. The normalized spacial score (nSPS) is 23.5. The summed E-state index contributed by atoms with van der Waals surface area (Å²) in [5, 5.41) is 5.46. The van der Waals surface area contributed by atoms with Crippen LogP contribution in [0, 0.1) is 0 Å². The van der Waals surface area contributed by atoms with Crippen molar-refractivity contribution in [1.29, 1.82) is 0 Å². The lowest BCUT2D eigenvalue weighted by Crippen LogP contribution is -2.67. The van der Waals surface area contributed by atoms with Gasteiger partial charge < -0.3 is 21.3 Å². The number of carbonyl (C=O) groups is 3. The molecule has 152 valence electrons. The van der Waals surface area contributed by atoms with Gasteiger partial charge in [-0.1, -0.05) is 30.3 Å². The summed E-state index contributed by atoms with van der Waals surface area (Å²) >= 11 is 0. The Morgan fingerprint density at radius 3 is 2.68 bits per heavy atom. The van der Waals surface area contributed by atoms with E-state index >= 15 is 0 Å². The lowest BCUT2D eigenvalue weighted by molar-refractivity contribution is -0.145. The zero-order valence-corrected chi connectivity index (χ0v) is 16.3. The van der Waals surface area contributed by atoms with E-state index in [0.717, 1.165) is 5.56 Å². The first-order chi connectivity index (χ1) is 13.5. The Bertz CT molecular complexity index is 726. The molecule has 1 spiro atoms. The van der Waals surface area contributed by atoms with Gasteiger partial charge >= 0.3 is 0 Å². The summed E-state index contributed by atoms with van der Waals surface area (Å²) in [7, 11) is 1.56. The molecule has 2 aliphatic rings. The van der Waals surface area contributed by atoms with Crippen molar-refractivity contribution in [3.05, 3.63) is 35.9 Å². The first-order valence-electron chi connectivity index (χ1n) is 9.78. The van der Waals surface area contributed by atoms with E-state index in [9.17, 15) is 14.4 Å². The summed E-state index contributed by atoms with van der Waals surface area (Å²) in [6, 6.07) is 9.31. The minimum atomic E-state index is -0.737. The predicted octanol–water partition coefficient (Wildman–Crippen LogP) is -0.557. The number of nitrogens with zero attached hydrogens (tertiary/aromatic N) is 2. The number of rotatable bonds is 6. The van der Waals surface area contributed by atoms with Crippen LogP contribution in [0.1, 0.15) is 24.8 Å². The molecule has 8 heteroatoms. The van der Waals surface area contributed by atoms with Crippen molar-refractivity contribution in [2.24, 2.45) is 5.73 Å². The molecule has 2 heterocycles. The van der Waals surface area contributed by atoms with Crippen LogP contribution >= 0.6 is 0 Å². The van der Waals surface area contributed by atoms with Crippen LogP contribution in [0.3, 0.4) is 0 Å². The fourth-order valence-corrected chi connectivity index (χ4v) is 4.06. The summed E-state index contributed by atoms with van der Waals surface area (Å²) in [4.78, 5) is 40.9. The maximum absolute atomic E-state index is 12.8. The quantitative estimate of drug-likeness (QED) is 0.607. The van der Waals surface area contributed by atoms with E-state index in [4.69, 9.17) is 5.73 Å². The summed E-state index contributed by atoms with van der Waals surface area (Å²) in [6.45, 7) is 2.73. The third-order valence-electron chi connectivity index (χ3n) is 5.75. The highest BCUT2D eigenvalue weighted by atomic mass is 16.2. The first-order valence-corrected chi connectivity index (χ1v) is 9.78. The van der Waals surface area contributed by atoms with Gasteiger partial charge in [-0.15, -0.1) is 0 Å². The number of amides is 3. The van der Waals surface area contributed by atoms with Crippen molar-refractivity contribution in [3.63, 3.8) is 0 Å². The zero-order valence-electron chi connectivity index (χ0n) is 16.3. The summed E-state index contributed by atoms with van der Waals surface area (Å²) < 4.78 is 0. The van der Waals surface area contributed by atoms with E-state index in [-0.39, 0.29) is 24.1 Å². The maximum Gasteiger partial charge on any atom is 0.242 e. The molecule has 0 radical (unpaired) electrons. The second-order valence-electron chi connectivity index (χ2n) is 7.52. The lowest BCUT2D eigenvalue weighted by atomic mass is 9.90. The van der Waals surface area contributed by atoms with Crippen molar-refractivity contribution < 1.29 is 14.4 Å². The van der Waals surface area contributed by atoms with Crippen LogP contribution in [-0.2, 0) is 20.9 Å². The topological polar surface area (TPSA) is 108 Å². The van der Waals surface area contributed by atoms with E-state index in [1.165, 1.54) is 0 Å². The molecule has 1 aromatic rings. The molecule has 4 N–H and O–H groups in total. The van der Waals surface area contributed by atoms with Gasteiger partial charge in [0.2, 0.25) is 17.7 Å². The third kappa shape index (κ3) is 4.18. The average Bonchev–Trinajstić information content (AvgIpc) is 3.08. The highest BCUT2D eigenvalue weighted by Crippen LogP contribution is 2.31. The summed E-state index contributed by atoms with van der Waals surface area (Å²) in [5.74, 6) is -0.357. The molecule has 3 amide bonds. The molecular weight excluding hydrogens is 358 g/mol. The Labute approximate surface area is 165 Å². The minimum Gasteiger partial charge on any atom is -0.359 e. The standard InChI is InChI=1S/C20H29N5O3/c1-22-17(26)8-7-16(21)18(27)24-11-12-25(13-15-5-3-2-4-6-15)20(14-24)9-10-23-19(20)28/h2-6,16H,7-14,21H2,1H3,(H,22,26)(H,23,28)/t16-,20?/m0/s1. The molecule has 1 aromatic carbocycles. The Balaban J connectivity index is 1.70. The van der Waals surface area contributed by atoms with Crippen LogP contribution in [0.15, 0.2) is 30.3 Å². The van der Waals surface area contributed by atoms with Crippen LogP contribution in [0.2, 0.25) is 0 Å². The van der Waals surface area contributed by atoms with Crippen LogP contribution in [0.25, 0.3) is 0 Å². The Hall–Kier alpha value is -2.45. The number of hydrogen-bond donors (Lipinski definition) is 3. The van der Waals surface area contributed by atoms with Gasteiger partial charge in [0, 0.05) is 46.2 Å². The van der Waals surface area contributed by atoms with E-state index in [1.807, 2.05) is 30.3 Å². The molecule has 2 atom stereocenters. The zero-order chi connectivity index (χ0) is 20.1. The van der Waals surface area contributed by atoms with Crippen molar-refractivity contribution in [2.45, 2.75) is 37.4 Å².